The zero-order chi connectivity index (χ0) is 19.4. The summed E-state index contributed by atoms with van der Waals surface area (Å²) in [5.41, 5.74) is 0.293. The molecular formula is C19H18F2N2O4. The van der Waals surface area contributed by atoms with E-state index in [0.717, 1.165) is 11.6 Å². The van der Waals surface area contributed by atoms with Crippen molar-refractivity contribution >= 4 is 17.7 Å². The summed E-state index contributed by atoms with van der Waals surface area (Å²) in [5.74, 6) is -3.42. The predicted molar refractivity (Wildman–Crippen MR) is 93.7 cm³/mol. The van der Waals surface area contributed by atoms with Crippen LogP contribution >= 0.6 is 0 Å². The normalized spacial score (nSPS) is 14.1. The Morgan fingerprint density at radius 2 is 1.67 bits per heavy atom. The van der Waals surface area contributed by atoms with Crippen molar-refractivity contribution in [1.29, 1.82) is 0 Å². The summed E-state index contributed by atoms with van der Waals surface area (Å²) in [4.78, 5) is 26.3. The lowest BCUT2D eigenvalue weighted by Gasteiger charge is -2.35. The summed E-state index contributed by atoms with van der Waals surface area (Å²) in [5, 5.41) is 9.00. The fraction of sp³-hybridized carbons (Fsp3) is 0.263. The molecule has 8 heteroatoms. The highest BCUT2D eigenvalue weighted by molar-refractivity contribution is 5.89. The Kier molecular flexibility index (Phi) is 5.54. The van der Waals surface area contributed by atoms with Gasteiger partial charge in [-0.2, -0.15) is 0 Å². The molecule has 0 atom stereocenters. The van der Waals surface area contributed by atoms with Crippen LogP contribution in [0.5, 0.6) is 0 Å². The Morgan fingerprint density at radius 3 is 2.30 bits per heavy atom. The molecule has 0 radical (unpaired) electrons. The number of halogens is 2. The van der Waals surface area contributed by atoms with Gasteiger partial charge in [0.15, 0.2) is 0 Å². The van der Waals surface area contributed by atoms with E-state index in [1.54, 1.807) is 4.90 Å². The Labute approximate surface area is 154 Å². The Morgan fingerprint density at radius 1 is 1.00 bits per heavy atom. The van der Waals surface area contributed by atoms with Crippen LogP contribution < -0.4 is 4.90 Å². The molecule has 1 heterocycles. The monoisotopic (exact) mass is 376 g/mol. The molecule has 27 heavy (non-hydrogen) atoms. The van der Waals surface area contributed by atoms with Crippen molar-refractivity contribution in [3.8, 4) is 0 Å². The van der Waals surface area contributed by atoms with Crippen molar-refractivity contribution in [2.75, 3.05) is 31.1 Å². The number of carbonyl (C=O) groups excluding carboxylic acids is 1. The molecule has 2 aromatic rings. The third-order valence-corrected chi connectivity index (χ3v) is 4.35. The molecule has 1 aliphatic rings. The molecule has 1 N–H and O–H groups in total. The van der Waals surface area contributed by atoms with Gasteiger partial charge in [0.05, 0.1) is 11.3 Å². The lowest BCUT2D eigenvalue weighted by Crippen LogP contribution is -2.49. The molecule has 142 valence electrons. The molecular weight excluding hydrogens is 358 g/mol. The molecule has 0 unspecified atom stereocenters. The number of ether oxygens (including phenoxy) is 1. The Bertz CT molecular complexity index is 837. The number of hydrogen-bond acceptors (Lipinski definition) is 4. The van der Waals surface area contributed by atoms with Crippen molar-refractivity contribution in [1.82, 2.24) is 4.90 Å². The van der Waals surface area contributed by atoms with Gasteiger partial charge in [0, 0.05) is 32.2 Å². The van der Waals surface area contributed by atoms with Gasteiger partial charge in [-0.3, -0.25) is 0 Å². The van der Waals surface area contributed by atoms with Crippen LogP contribution in [0.15, 0.2) is 42.5 Å². The second kappa shape index (κ2) is 8.03. The summed E-state index contributed by atoms with van der Waals surface area (Å²) in [6, 6.07) is 10.8. The molecule has 2 aromatic carbocycles. The summed E-state index contributed by atoms with van der Waals surface area (Å²) in [6.07, 6.45) is -0.468. The highest BCUT2D eigenvalue weighted by Gasteiger charge is 2.25. The van der Waals surface area contributed by atoms with Crippen LogP contribution in [0, 0.1) is 11.6 Å². The number of amides is 1. The molecule has 1 aliphatic heterocycles. The molecule has 0 bridgehead atoms. The average molecular weight is 376 g/mol. The van der Waals surface area contributed by atoms with Gasteiger partial charge >= 0.3 is 12.1 Å². The van der Waals surface area contributed by atoms with Crippen molar-refractivity contribution < 1.29 is 28.2 Å². The van der Waals surface area contributed by atoms with E-state index in [9.17, 15) is 18.4 Å². The number of rotatable bonds is 4. The lowest BCUT2D eigenvalue weighted by molar-refractivity contribution is 0.0691. The van der Waals surface area contributed by atoms with Crippen LogP contribution in [0.2, 0.25) is 0 Å². The second-order valence-electron chi connectivity index (χ2n) is 6.10. The fourth-order valence-corrected chi connectivity index (χ4v) is 2.88. The van der Waals surface area contributed by atoms with Gasteiger partial charge < -0.3 is 19.6 Å². The summed E-state index contributed by atoms with van der Waals surface area (Å²) >= 11 is 0. The minimum atomic E-state index is -1.46. The topological polar surface area (TPSA) is 70.1 Å². The molecule has 0 saturated carbocycles. The van der Waals surface area contributed by atoms with Gasteiger partial charge in [-0.15, -0.1) is 0 Å². The number of anilines is 1. The third-order valence-electron chi connectivity index (χ3n) is 4.35. The average Bonchev–Trinajstić information content (AvgIpc) is 2.67. The van der Waals surface area contributed by atoms with Crippen LogP contribution in [0.25, 0.3) is 0 Å². The number of benzene rings is 2. The van der Waals surface area contributed by atoms with Gasteiger partial charge in [-0.1, -0.05) is 30.3 Å². The summed E-state index contributed by atoms with van der Waals surface area (Å²) < 4.78 is 32.9. The van der Waals surface area contributed by atoms with Gasteiger partial charge in [0.25, 0.3) is 0 Å². The predicted octanol–water partition coefficient (Wildman–Crippen LogP) is 3.12. The first-order valence-corrected chi connectivity index (χ1v) is 8.38. The van der Waals surface area contributed by atoms with Crippen LogP contribution in [0.1, 0.15) is 15.9 Å². The van der Waals surface area contributed by atoms with E-state index in [1.807, 2.05) is 30.3 Å². The van der Waals surface area contributed by atoms with E-state index >= 15 is 0 Å². The van der Waals surface area contributed by atoms with Crippen molar-refractivity contribution in [2.24, 2.45) is 0 Å². The highest BCUT2D eigenvalue weighted by atomic mass is 19.1. The zero-order valence-electron chi connectivity index (χ0n) is 14.4. The van der Waals surface area contributed by atoms with E-state index in [1.165, 1.54) is 4.90 Å². The number of carboxylic acids is 1. The van der Waals surface area contributed by atoms with Gasteiger partial charge in [-0.05, 0) is 11.6 Å². The first-order chi connectivity index (χ1) is 13.0. The van der Waals surface area contributed by atoms with Crippen LogP contribution in [-0.2, 0) is 11.3 Å². The minimum Gasteiger partial charge on any atom is -0.478 e. The van der Waals surface area contributed by atoms with Gasteiger partial charge in [-0.25, -0.2) is 18.4 Å². The van der Waals surface area contributed by atoms with Crippen molar-refractivity contribution in [3.05, 3.63) is 65.2 Å². The third kappa shape index (κ3) is 4.33. The van der Waals surface area contributed by atoms with E-state index in [-0.39, 0.29) is 38.5 Å². The standard InChI is InChI=1S/C19H18F2N2O4/c20-15-11-16(21)17(10-14(15)18(24)25)22-6-8-23(9-7-22)19(26)27-12-13-4-2-1-3-5-13/h1-5,10-11H,6-9,12H2,(H,24,25). The van der Waals surface area contributed by atoms with E-state index in [0.29, 0.717) is 6.07 Å². The largest absolute Gasteiger partial charge is 0.478 e. The van der Waals surface area contributed by atoms with Crippen molar-refractivity contribution in [3.63, 3.8) is 0 Å². The minimum absolute atomic E-state index is 0.00565. The van der Waals surface area contributed by atoms with Gasteiger partial charge in [0.1, 0.15) is 18.2 Å². The molecule has 1 saturated heterocycles. The Balaban J connectivity index is 1.59. The smallest absolute Gasteiger partial charge is 0.410 e. The van der Waals surface area contributed by atoms with E-state index in [4.69, 9.17) is 9.84 Å². The SMILES string of the molecule is O=C(O)c1cc(N2CCN(C(=O)OCc3ccccc3)CC2)c(F)cc1F. The van der Waals surface area contributed by atoms with Crippen LogP contribution in [-0.4, -0.2) is 48.2 Å². The number of nitrogens with zero attached hydrogens (tertiary/aromatic N) is 2. The first-order valence-electron chi connectivity index (χ1n) is 8.38. The van der Waals surface area contributed by atoms with E-state index in [2.05, 4.69) is 0 Å². The van der Waals surface area contributed by atoms with Gasteiger partial charge in [0.2, 0.25) is 0 Å². The molecule has 3 rings (SSSR count). The lowest BCUT2D eigenvalue weighted by atomic mass is 10.1. The maximum atomic E-state index is 14.1. The maximum absolute atomic E-state index is 14.1. The molecule has 1 fully saturated rings. The zero-order valence-corrected chi connectivity index (χ0v) is 14.4. The molecule has 1 amide bonds. The highest BCUT2D eigenvalue weighted by Crippen LogP contribution is 2.25. The van der Waals surface area contributed by atoms with Crippen LogP contribution in [0.3, 0.4) is 0 Å². The summed E-state index contributed by atoms with van der Waals surface area (Å²) in [6.45, 7) is 1.29. The molecule has 0 aromatic heterocycles. The molecule has 0 aliphatic carbocycles. The first kappa shape index (κ1) is 18.6. The maximum Gasteiger partial charge on any atom is 0.410 e. The van der Waals surface area contributed by atoms with E-state index < -0.39 is 29.3 Å². The molecule has 0 spiro atoms. The number of aromatic carboxylic acids is 1. The molecule has 6 nitrogen and oxygen atoms in total. The fourth-order valence-electron chi connectivity index (χ4n) is 2.88. The number of carbonyl (C=O) groups is 2. The Hall–Kier alpha value is -3.16. The summed E-state index contributed by atoms with van der Waals surface area (Å²) in [7, 11) is 0. The van der Waals surface area contributed by atoms with Crippen LogP contribution in [0.4, 0.5) is 19.3 Å². The second-order valence-corrected chi connectivity index (χ2v) is 6.10. The number of piperazine rings is 1. The quantitative estimate of drug-likeness (QED) is 0.888. The number of carboxylic acid groups (broad SMARTS) is 1. The number of hydrogen-bond donors (Lipinski definition) is 1. The van der Waals surface area contributed by atoms with Crippen molar-refractivity contribution in [2.45, 2.75) is 6.61 Å².